The average molecular weight is 428 g/mol. The molecule has 0 atom stereocenters. The van der Waals surface area contributed by atoms with Crippen molar-refractivity contribution in [3.05, 3.63) is 64.2 Å². The zero-order valence-corrected chi connectivity index (χ0v) is 19.0. The molecular formula is C23H29N3O3S. The van der Waals surface area contributed by atoms with E-state index in [1.807, 2.05) is 0 Å². The van der Waals surface area contributed by atoms with Crippen LogP contribution in [0.3, 0.4) is 0 Å². The molecular weight excluding hydrogens is 398 g/mol. The van der Waals surface area contributed by atoms with Gasteiger partial charge in [-0.15, -0.1) is 0 Å². The van der Waals surface area contributed by atoms with Gasteiger partial charge in [-0.25, -0.2) is 8.42 Å². The molecule has 0 unspecified atom stereocenters. The van der Waals surface area contributed by atoms with Crippen LogP contribution in [0.2, 0.25) is 0 Å². The van der Waals surface area contributed by atoms with Gasteiger partial charge >= 0.3 is 0 Å². The summed E-state index contributed by atoms with van der Waals surface area (Å²) in [6, 6.07) is 11.0. The van der Waals surface area contributed by atoms with Crippen LogP contribution >= 0.6 is 0 Å². The van der Waals surface area contributed by atoms with Crippen molar-refractivity contribution in [2.75, 3.05) is 13.1 Å². The van der Waals surface area contributed by atoms with Crippen molar-refractivity contribution in [1.82, 2.24) is 10.0 Å². The van der Waals surface area contributed by atoms with Crippen molar-refractivity contribution in [1.29, 1.82) is 0 Å². The molecule has 0 fully saturated rings. The highest BCUT2D eigenvalue weighted by Crippen LogP contribution is 2.27. The zero-order valence-electron chi connectivity index (χ0n) is 18.2. The van der Waals surface area contributed by atoms with Crippen LogP contribution in [-0.2, 0) is 26.7 Å². The van der Waals surface area contributed by atoms with E-state index in [4.69, 9.17) is 0 Å². The maximum absolute atomic E-state index is 12.2. The molecule has 2 aromatic carbocycles. The molecule has 0 aromatic heterocycles. The molecule has 0 spiro atoms. The lowest BCUT2D eigenvalue weighted by Crippen LogP contribution is -2.30. The van der Waals surface area contributed by atoms with Crippen LogP contribution in [0.15, 0.2) is 46.3 Å². The fourth-order valence-corrected chi connectivity index (χ4v) is 4.86. The molecule has 0 radical (unpaired) electrons. The molecule has 6 nitrogen and oxygen atoms in total. The Kier molecular flexibility index (Phi) is 6.04. The maximum atomic E-state index is 12.2. The SMILES string of the molecule is Cc1cc(C(C)(C)C)cc(C)c1CCNC(=O)CN=C1NS(=O)(=O)c2ccccc21. The molecule has 1 aliphatic rings. The summed E-state index contributed by atoms with van der Waals surface area (Å²) in [4.78, 5) is 16.6. The maximum Gasteiger partial charge on any atom is 0.263 e. The number of nitrogens with one attached hydrogen (secondary N) is 2. The number of aliphatic imine (C=N–C) groups is 1. The van der Waals surface area contributed by atoms with Gasteiger partial charge in [0.15, 0.2) is 0 Å². The number of carbonyl (C=O) groups excluding carboxylic acids is 1. The van der Waals surface area contributed by atoms with E-state index in [0.29, 0.717) is 12.1 Å². The Balaban J connectivity index is 1.60. The first kappa shape index (κ1) is 22.0. The number of rotatable bonds is 5. The topological polar surface area (TPSA) is 87.6 Å². The molecule has 0 saturated carbocycles. The number of hydrogen-bond donors (Lipinski definition) is 2. The third kappa shape index (κ3) is 4.73. The van der Waals surface area contributed by atoms with E-state index in [0.717, 1.165) is 6.42 Å². The van der Waals surface area contributed by atoms with Crippen molar-refractivity contribution < 1.29 is 13.2 Å². The number of fused-ring (bicyclic) bond motifs is 1. The Hall–Kier alpha value is -2.67. The van der Waals surface area contributed by atoms with Crippen LogP contribution in [-0.4, -0.2) is 33.3 Å². The van der Waals surface area contributed by atoms with Crippen LogP contribution in [0.25, 0.3) is 0 Å². The number of amidine groups is 1. The van der Waals surface area contributed by atoms with Gasteiger partial charge in [0.25, 0.3) is 10.0 Å². The van der Waals surface area contributed by atoms with Crippen molar-refractivity contribution in [2.24, 2.45) is 4.99 Å². The quantitative estimate of drug-likeness (QED) is 0.769. The molecule has 2 N–H and O–H groups in total. The lowest BCUT2D eigenvalue weighted by molar-refractivity contribution is -0.119. The number of aryl methyl sites for hydroxylation is 2. The normalized spacial score (nSPS) is 16.2. The molecule has 3 rings (SSSR count). The summed E-state index contributed by atoms with van der Waals surface area (Å²) in [6.45, 7) is 11.2. The van der Waals surface area contributed by atoms with E-state index in [-0.39, 0.29) is 28.6 Å². The summed E-state index contributed by atoms with van der Waals surface area (Å²) in [6.07, 6.45) is 0.736. The van der Waals surface area contributed by atoms with E-state index < -0.39 is 10.0 Å². The highest BCUT2D eigenvalue weighted by Gasteiger charge is 2.30. The summed E-state index contributed by atoms with van der Waals surface area (Å²) in [5, 5.41) is 2.88. The number of hydrogen-bond acceptors (Lipinski definition) is 4. The average Bonchev–Trinajstić information content (AvgIpc) is 2.92. The Labute approximate surface area is 178 Å². The van der Waals surface area contributed by atoms with Gasteiger partial charge in [-0.05, 0) is 60.1 Å². The third-order valence-electron chi connectivity index (χ3n) is 5.30. The standard InChI is InChI=1S/C23H29N3O3S/c1-15-12-17(23(3,4)5)13-16(2)18(15)10-11-24-21(27)14-25-22-19-8-6-7-9-20(19)30(28,29)26-22/h6-9,12-13H,10-11,14H2,1-5H3,(H,24,27)(H,25,26). The largest absolute Gasteiger partial charge is 0.354 e. The first-order valence-corrected chi connectivity index (χ1v) is 11.5. The molecule has 1 heterocycles. The highest BCUT2D eigenvalue weighted by molar-refractivity contribution is 7.90. The second-order valence-electron chi connectivity index (χ2n) is 8.71. The van der Waals surface area contributed by atoms with Gasteiger partial charge in [-0.2, -0.15) is 0 Å². The van der Waals surface area contributed by atoms with Crippen LogP contribution in [0.5, 0.6) is 0 Å². The Bertz CT molecular complexity index is 1090. The van der Waals surface area contributed by atoms with Gasteiger partial charge in [0.05, 0.1) is 4.90 Å². The van der Waals surface area contributed by atoms with E-state index >= 15 is 0 Å². The van der Waals surface area contributed by atoms with Crippen molar-refractivity contribution in [2.45, 2.75) is 51.3 Å². The predicted octanol–water partition coefficient (Wildman–Crippen LogP) is 3.00. The molecule has 1 aliphatic heterocycles. The van der Waals surface area contributed by atoms with Crippen LogP contribution in [0.4, 0.5) is 0 Å². The van der Waals surface area contributed by atoms with Crippen molar-refractivity contribution in [3.63, 3.8) is 0 Å². The molecule has 0 bridgehead atoms. The van der Waals surface area contributed by atoms with Gasteiger partial charge in [0.1, 0.15) is 12.4 Å². The van der Waals surface area contributed by atoms with Gasteiger partial charge in [-0.3, -0.25) is 14.5 Å². The molecule has 30 heavy (non-hydrogen) atoms. The number of amides is 1. The van der Waals surface area contributed by atoms with E-state index in [2.05, 4.69) is 61.8 Å². The van der Waals surface area contributed by atoms with Gasteiger partial charge in [0, 0.05) is 12.1 Å². The first-order chi connectivity index (χ1) is 14.0. The Morgan fingerprint density at radius 1 is 1.10 bits per heavy atom. The van der Waals surface area contributed by atoms with Crippen LogP contribution in [0.1, 0.15) is 48.6 Å². The number of benzene rings is 2. The Morgan fingerprint density at radius 3 is 2.37 bits per heavy atom. The summed E-state index contributed by atoms with van der Waals surface area (Å²) in [5.41, 5.74) is 5.60. The van der Waals surface area contributed by atoms with Crippen molar-refractivity contribution >= 4 is 21.8 Å². The van der Waals surface area contributed by atoms with Gasteiger partial charge < -0.3 is 5.32 Å². The summed E-state index contributed by atoms with van der Waals surface area (Å²) in [7, 11) is -3.59. The van der Waals surface area contributed by atoms with E-state index in [1.54, 1.807) is 18.2 Å². The van der Waals surface area contributed by atoms with Crippen molar-refractivity contribution in [3.8, 4) is 0 Å². The minimum Gasteiger partial charge on any atom is -0.354 e. The molecule has 0 aliphatic carbocycles. The second-order valence-corrected chi connectivity index (χ2v) is 10.4. The fourth-order valence-electron chi connectivity index (χ4n) is 3.61. The number of sulfonamides is 1. The van der Waals surface area contributed by atoms with E-state index in [9.17, 15) is 13.2 Å². The Morgan fingerprint density at radius 2 is 1.73 bits per heavy atom. The fraction of sp³-hybridized carbons (Fsp3) is 0.391. The third-order valence-corrected chi connectivity index (χ3v) is 6.70. The van der Waals surface area contributed by atoms with Gasteiger partial charge in [0.2, 0.25) is 5.91 Å². The predicted molar refractivity (Wildman–Crippen MR) is 119 cm³/mol. The monoisotopic (exact) mass is 427 g/mol. The number of nitrogens with zero attached hydrogens (tertiary/aromatic N) is 1. The molecule has 0 saturated heterocycles. The zero-order chi connectivity index (χ0) is 22.1. The number of carbonyl (C=O) groups is 1. The first-order valence-electron chi connectivity index (χ1n) is 10.0. The van der Waals surface area contributed by atoms with Crippen LogP contribution in [0, 0.1) is 13.8 Å². The second kappa shape index (κ2) is 8.22. The minimum absolute atomic E-state index is 0.0990. The van der Waals surface area contributed by atoms with E-state index in [1.165, 1.54) is 28.3 Å². The highest BCUT2D eigenvalue weighted by atomic mass is 32.2. The molecule has 160 valence electrons. The molecule has 1 amide bonds. The molecule has 2 aromatic rings. The summed E-state index contributed by atoms with van der Waals surface area (Å²) >= 11 is 0. The minimum atomic E-state index is -3.59. The van der Waals surface area contributed by atoms with Gasteiger partial charge in [-0.1, -0.05) is 45.0 Å². The smallest absolute Gasteiger partial charge is 0.263 e. The summed E-state index contributed by atoms with van der Waals surface area (Å²) < 4.78 is 26.6. The lowest BCUT2D eigenvalue weighted by Gasteiger charge is -2.22. The van der Waals surface area contributed by atoms with Crippen LogP contribution < -0.4 is 10.0 Å². The lowest BCUT2D eigenvalue weighted by atomic mass is 9.83. The summed E-state index contributed by atoms with van der Waals surface area (Å²) in [5.74, 6) is -0.0297. The molecule has 7 heteroatoms.